The highest BCUT2D eigenvalue weighted by Gasteiger charge is 2.51. The molecule has 0 aliphatic carbocycles. The predicted octanol–water partition coefficient (Wildman–Crippen LogP) is -1.26. The van der Waals surface area contributed by atoms with Crippen LogP contribution < -0.4 is 16.0 Å². The molecule has 3 heterocycles. The molecule has 0 spiro atoms. The fourth-order valence-electron chi connectivity index (χ4n) is 4.87. The van der Waals surface area contributed by atoms with Gasteiger partial charge in [-0.15, -0.1) is 5.06 Å². The van der Waals surface area contributed by atoms with Crippen LogP contribution in [0.4, 0.5) is 0 Å². The molecule has 0 aromatic carbocycles. The van der Waals surface area contributed by atoms with Gasteiger partial charge in [-0.1, -0.05) is 0 Å². The van der Waals surface area contributed by atoms with E-state index >= 15 is 0 Å². The van der Waals surface area contributed by atoms with Crippen LogP contribution in [0.1, 0.15) is 65.7 Å². The molecule has 16 heteroatoms. The van der Waals surface area contributed by atoms with Gasteiger partial charge >= 0.3 is 17.9 Å². The summed E-state index contributed by atoms with van der Waals surface area (Å²) in [6, 6.07) is -1.46. The summed E-state index contributed by atoms with van der Waals surface area (Å²) in [5, 5.41) is 8.96. The molecular weight excluding hydrogens is 560 g/mol. The Morgan fingerprint density at radius 2 is 1.64 bits per heavy atom. The number of imide groups is 1. The summed E-state index contributed by atoms with van der Waals surface area (Å²) >= 11 is 0. The number of hydroxylamine groups is 2. The van der Waals surface area contributed by atoms with Gasteiger partial charge in [0.2, 0.25) is 11.8 Å². The normalized spacial score (nSPS) is 27.4. The first-order valence-electron chi connectivity index (χ1n) is 13.9. The van der Waals surface area contributed by atoms with Crippen molar-refractivity contribution in [2.75, 3.05) is 19.7 Å². The summed E-state index contributed by atoms with van der Waals surface area (Å²) in [5.74, 6) is -4.07. The van der Waals surface area contributed by atoms with Crippen molar-refractivity contribution >= 4 is 41.5 Å². The molecule has 0 radical (unpaired) electrons. The maximum atomic E-state index is 12.6. The molecule has 3 aliphatic heterocycles. The molecule has 42 heavy (non-hydrogen) atoms. The van der Waals surface area contributed by atoms with E-state index in [0.29, 0.717) is 24.4 Å². The average Bonchev–Trinajstić information content (AvgIpc) is 3.56. The van der Waals surface area contributed by atoms with Crippen LogP contribution in [0.25, 0.3) is 0 Å². The molecule has 0 aromatic rings. The lowest BCUT2D eigenvalue weighted by Gasteiger charge is -2.45. The number of unbranched alkanes of at least 4 members (excludes halogenated alkanes) is 1. The molecule has 3 aliphatic rings. The summed E-state index contributed by atoms with van der Waals surface area (Å²) in [6.07, 6.45) is -2.64. The number of hydrogen-bond donors (Lipinski definition) is 3. The summed E-state index contributed by atoms with van der Waals surface area (Å²) in [7, 11) is 0. The van der Waals surface area contributed by atoms with E-state index in [1.54, 1.807) is 0 Å². The number of esters is 2. The van der Waals surface area contributed by atoms with Gasteiger partial charge in [0.15, 0.2) is 18.5 Å². The van der Waals surface area contributed by atoms with Crippen molar-refractivity contribution in [2.45, 2.75) is 102 Å². The van der Waals surface area contributed by atoms with E-state index in [2.05, 4.69) is 16.0 Å². The quantitative estimate of drug-likeness (QED) is 0.129. The lowest BCUT2D eigenvalue weighted by Crippen LogP contribution is -2.67. The van der Waals surface area contributed by atoms with Crippen LogP contribution in [0.15, 0.2) is 0 Å². The summed E-state index contributed by atoms with van der Waals surface area (Å²) in [4.78, 5) is 88.8. The van der Waals surface area contributed by atoms with E-state index in [9.17, 15) is 33.6 Å². The summed E-state index contributed by atoms with van der Waals surface area (Å²) < 4.78 is 22.9. The molecule has 6 unspecified atom stereocenters. The number of carbonyl (C=O) groups is 7. The van der Waals surface area contributed by atoms with Crippen LogP contribution in [0, 0.1) is 0 Å². The Bertz CT molecular complexity index is 1030. The molecule has 234 valence electrons. The van der Waals surface area contributed by atoms with E-state index in [0.717, 1.165) is 13.3 Å². The van der Waals surface area contributed by atoms with Gasteiger partial charge in [0.25, 0.3) is 11.8 Å². The minimum atomic E-state index is -1.22. The third-order valence-electron chi connectivity index (χ3n) is 6.73. The Labute approximate surface area is 242 Å². The number of carbonyl (C=O) groups excluding carboxylic acids is 7. The zero-order chi connectivity index (χ0) is 30.8. The molecule has 6 atom stereocenters. The van der Waals surface area contributed by atoms with E-state index < -0.39 is 66.3 Å². The Kier molecular flexibility index (Phi) is 12.2. The minimum Gasteiger partial charge on any atom is -0.456 e. The van der Waals surface area contributed by atoms with Crippen LogP contribution in [0.2, 0.25) is 0 Å². The highest BCUT2D eigenvalue weighted by molar-refractivity contribution is 6.01. The van der Waals surface area contributed by atoms with Crippen molar-refractivity contribution in [2.24, 2.45) is 0 Å². The number of nitrogens with one attached hydrogen (secondary N) is 3. The van der Waals surface area contributed by atoms with E-state index in [-0.39, 0.29) is 50.8 Å². The Morgan fingerprint density at radius 3 is 2.24 bits per heavy atom. The molecule has 3 N–H and O–H groups in total. The fourth-order valence-corrected chi connectivity index (χ4v) is 4.87. The average molecular weight is 599 g/mol. The molecule has 0 aromatic heterocycles. The zero-order valence-corrected chi connectivity index (χ0v) is 23.9. The highest BCUT2D eigenvalue weighted by Crippen LogP contribution is 2.28. The fraction of sp³-hybridized carbons (Fsp3) is 0.731. The second kappa shape index (κ2) is 15.6. The van der Waals surface area contributed by atoms with E-state index in [4.69, 9.17) is 23.8 Å². The van der Waals surface area contributed by atoms with Crippen molar-refractivity contribution in [1.29, 1.82) is 0 Å². The first-order valence-corrected chi connectivity index (χ1v) is 13.9. The third-order valence-corrected chi connectivity index (χ3v) is 6.73. The summed E-state index contributed by atoms with van der Waals surface area (Å²) in [5.41, 5.74) is 0. The Balaban J connectivity index is 1.65. The maximum absolute atomic E-state index is 12.6. The van der Waals surface area contributed by atoms with Gasteiger partial charge in [-0.25, -0.2) is 4.79 Å². The first-order chi connectivity index (χ1) is 20.0. The topological polar surface area (TPSA) is 205 Å². The highest BCUT2D eigenvalue weighted by atomic mass is 16.7. The van der Waals surface area contributed by atoms with Gasteiger partial charge in [0, 0.05) is 53.2 Å². The molecular formula is C26H38N4O12. The van der Waals surface area contributed by atoms with Gasteiger partial charge in [0.05, 0.1) is 6.04 Å². The Hall–Kier alpha value is -3.63. The number of hydrogen-bond acceptors (Lipinski definition) is 13. The first kappa shape index (κ1) is 32.9. The molecule has 3 rings (SSSR count). The molecule has 0 bridgehead atoms. The number of nitrogens with zero attached hydrogens (tertiary/aromatic N) is 1. The second-order valence-corrected chi connectivity index (χ2v) is 10.2. The largest absolute Gasteiger partial charge is 0.456 e. The van der Waals surface area contributed by atoms with Crippen LogP contribution in [0.3, 0.4) is 0 Å². The van der Waals surface area contributed by atoms with E-state index in [1.807, 2.05) is 0 Å². The minimum absolute atomic E-state index is 0.00833. The van der Waals surface area contributed by atoms with Crippen LogP contribution in [-0.4, -0.2) is 103 Å². The standard InChI is InChI=1S/C26H38N4O12/c1-14(31)29-22-24(40-16(3)33)23(39-15(2)32)18(13-28-25(37)17-7-6-11-27-17)41-26(22)38-12-5-4-8-21(36)42-30-19(34)9-10-20(30)35/h17-18,22-24,26-27H,4-13H2,1-3H3,(H,28,37)(H,29,31). The van der Waals surface area contributed by atoms with Crippen molar-refractivity contribution in [3.05, 3.63) is 0 Å². The molecule has 3 fully saturated rings. The lowest BCUT2D eigenvalue weighted by atomic mass is 9.95. The molecule has 0 saturated carbocycles. The molecule has 3 saturated heterocycles. The van der Waals surface area contributed by atoms with Gasteiger partial charge in [0.1, 0.15) is 12.1 Å². The SMILES string of the molecule is CC(=O)NC1C(OCCCCC(=O)ON2C(=O)CCC2=O)OC(CNC(=O)C2CCCN2)C(OC(C)=O)C1OC(C)=O. The second-order valence-electron chi connectivity index (χ2n) is 10.2. The van der Waals surface area contributed by atoms with Gasteiger partial charge in [-0.05, 0) is 32.2 Å². The number of amides is 4. The van der Waals surface area contributed by atoms with Gasteiger partial charge in [-0.2, -0.15) is 0 Å². The Morgan fingerprint density at radius 1 is 0.976 bits per heavy atom. The van der Waals surface area contributed by atoms with Gasteiger partial charge < -0.3 is 39.7 Å². The predicted molar refractivity (Wildman–Crippen MR) is 138 cm³/mol. The number of ether oxygens (including phenoxy) is 4. The van der Waals surface area contributed by atoms with E-state index in [1.165, 1.54) is 13.8 Å². The summed E-state index contributed by atoms with van der Waals surface area (Å²) in [6.45, 7) is 4.18. The van der Waals surface area contributed by atoms with Crippen LogP contribution in [0.5, 0.6) is 0 Å². The monoisotopic (exact) mass is 598 g/mol. The van der Waals surface area contributed by atoms with Crippen molar-refractivity contribution in [3.8, 4) is 0 Å². The third kappa shape index (κ3) is 9.46. The maximum Gasteiger partial charge on any atom is 0.333 e. The number of rotatable bonds is 13. The van der Waals surface area contributed by atoms with Gasteiger partial charge in [-0.3, -0.25) is 28.8 Å². The van der Waals surface area contributed by atoms with Crippen molar-refractivity contribution in [1.82, 2.24) is 21.0 Å². The van der Waals surface area contributed by atoms with Crippen LogP contribution >= 0.6 is 0 Å². The zero-order valence-electron chi connectivity index (χ0n) is 23.9. The molecule has 4 amide bonds. The van der Waals surface area contributed by atoms with Crippen molar-refractivity contribution in [3.63, 3.8) is 0 Å². The van der Waals surface area contributed by atoms with Crippen molar-refractivity contribution < 1.29 is 57.3 Å². The van der Waals surface area contributed by atoms with Crippen LogP contribution in [-0.2, 0) is 57.3 Å². The lowest BCUT2D eigenvalue weighted by molar-refractivity contribution is -0.270. The molecule has 16 nitrogen and oxygen atoms in total. The smallest absolute Gasteiger partial charge is 0.333 e.